The lowest BCUT2D eigenvalue weighted by atomic mass is 10.3. The van der Waals surface area contributed by atoms with Crippen molar-refractivity contribution in [2.45, 2.75) is 25.8 Å². The SMILES string of the molecule is O=C(NCc1nc(-c2ccccn2)n[nH]1)c1nc2c(s1)CCC2. The van der Waals surface area contributed by atoms with Gasteiger partial charge < -0.3 is 5.32 Å². The number of H-pyrrole nitrogens is 1. The molecule has 116 valence electrons. The second kappa shape index (κ2) is 5.88. The molecule has 1 amide bonds. The second-order valence-corrected chi connectivity index (χ2v) is 6.33. The summed E-state index contributed by atoms with van der Waals surface area (Å²) in [5.74, 6) is 0.936. The number of hydrogen-bond acceptors (Lipinski definition) is 6. The number of amides is 1. The van der Waals surface area contributed by atoms with Crippen LogP contribution < -0.4 is 5.32 Å². The minimum Gasteiger partial charge on any atom is -0.343 e. The fourth-order valence-corrected chi connectivity index (χ4v) is 3.58. The Morgan fingerprint density at radius 2 is 2.26 bits per heavy atom. The molecule has 0 saturated heterocycles. The molecule has 0 unspecified atom stereocenters. The van der Waals surface area contributed by atoms with Crippen LogP contribution in [0.5, 0.6) is 0 Å². The number of hydrogen-bond donors (Lipinski definition) is 2. The lowest BCUT2D eigenvalue weighted by molar-refractivity contribution is 0.0949. The summed E-state index contributed by atoms with van der Waals surface area (Å²) in [6, 6.07) is 5.55. The number of aromatic nitrogens is 5. The minimum atomic E-state index is -0.166. The van der Waals surface area contributed by atoms with E-state index >= 15 is 0 Å². The van der Waals surface area contributed by atoms with Crippen LogP contribution >= 0.6 is 11.3 Å². The van der Waals surface area contributed by atoms with Crippen molar-refractivity contribution >= 4 is 17.2 Å². The van der Waals surface area contributed by atoms with E-state index in [-0.39, 0.29) is 12.5 Å². The van der Waals surface area contributed by atoms with Crippen molar-refractivity contribution in [3.8, 4) is 11.5 Å². The van der Waals surface area contributed by atoms with E-state index in [9.17, 15) is 4.79 Å². The molecule has 23 heavy (non-hydrogen) atoms. The number of fused-ring (bicyclic) bond motifs is 1. The molecular weight excluding hydrogens is 312 g/mol. The molecule has 3 aromatic rings. The number of nitrogens with one attached hydrogen (secondary N) is 2. The van der Waals surface area contributed by atoms with Crippen molar-refractivity contribution in [2.75, 3.05) is 0 Å². The number of thiazole rings is 1. The molecule has 3 heterocycles. The average molecular weight is 326 g/mol. The molecule has 0 saturated carbocycles. The topological polar surface area (TPSA) is 96.5 Å². The summed E-state index contributed by atoms with van der Waals surface area (Å²) in [6.07, 6.45) is 4.85. The van der Waals surface area contributed by atoms with Gasteiger partial charge in [-0.25, -0.2) is 9.97 Å². The summed E-state index contributed by atoms with van der Waals surface area (Å²) in [6.45, 7) is 0.281. The molecule has 3 aromatic heterocycles. The monoisotopic (exact) mass is 326 g/mol. The van der Waals surface area contributed by atoms with E-state index in [1.165, 1.54) is 16.2 Å². The maximum atomic E-state index is 12.2. The summed E-state index contributed by atoms with van der Waals surface area (Å²) in [7, 11) is 0. The van der Waals surface area contributed by atoms with E-state index in [1.54, 1.807) is 6.20 Å². The van der Waals surface area contributed by atoms with E-state index in [2.05, 4.69) is 30.5 Å². The van der Waals surface area contributed by atoms with Crippen LogP contribution in [0.4, 0.5) is 0 Å². The number of pyridine rings is 1. The highest BCUT2D eigenvalue weighted by molar-refractivity contribution is 7.13. The van der Waals surface area contributed by atoms with Crippen molar-refractivity contribution in [1.82, 2.24) is 30.5 Å². The van der Waals surface area contributed by atoms with Gasteiger partial charge in [0.2, 0.25) is 0 Å². The van der Waals surface area contributed by atoms with Crippen molar-refractivity contribution < 1.29 is 4.79 Å². The van der Waals surface area contributed by atoms with Crippen LogP contribution in [0, 0.1) is 0 Å². The maximum Gasteiger partial charge on any atom is 0.280 e. The van der Waals surface area contributed by atoms with Crippen LogP contribution in [0.15, 0.2) is 24.4 Å². The van der Waals surface area contributed by atoms with Crippen LogP contribution in [0.25, 0.3) is 11.5 Å². The molecule has 0 atom stereocenters. The highest BCUT2D eigenvalue weighted by atomic mass is 32.1. The Kier molecular flexibility index (Phi) is 3.58. The summed E-state index contributed by atoms with van der Waals surface area (Å²) >= 11 is 1.49. The standard InChI is InChI=1S/C15H14N6OS/c22-14(15-18-9-5-3-6-11(9)23-15)17-8-12-19-13(21-20-12)10-4-1-2-7-16-10/h1-2,4,7H,3,5-6,8H2,(H,17,22)(H,19,20,21). The van der Waals surface area contributed by atoms with Crippen molar-refractivity contribution in [1.29, 1.82) is 0 Å². The van der Waals surface area contributed by atoms with Gasteiger partial charge in [-0.2, -0.15) is 5.10 Å². The number of nitrogens with zero attached hydrogens (tertiary/aromatic N) is 4. The molecule has 0 aromatic carbocycles. The Balaban J connectivity index is 1.41. The van der Waals surface area contributed by atoms with E-state index in [1.807, 2.05) is 18.2 Å². The third-order valence-electron chi connectivity index (χ3n) is 3.63. The average Bonchev–Trinajstić information content (AvgIpc) is 3.29. The maximum absolute atomic E-state index is 12.2. The third kappa shape index (κ3) is 2.85. The van der Waals surface area contributed by atoms with Gasteiger partial charge in [-0.05, 0) is 31.4 Å². The van der Waals surface area contributed by atoms with Gasteiger partial charge in [0.1, 0.15) is 11.5 Å². The van der Waals surface area contributed by atoms with Crippen LogP contribution in [0.1, 0.15) is 32.6 Å². The number of aromatic amines is 1. The lowest BCUT2D eigenvalue weighted by Gasteiger charge is -1.99. The van der Waals surface area contributed by atoms with E-state index in [4.69, 9.17) is 0 Å². The van der Waals surface area contributed by atoms with Gasteiger partial charge in [0.15, 0.2) is 10.8 Å². The highest BCUT2D eigenvalue weighted by Crippen LogP contribution is 2.27. The molecule has 8 heteroatoms. The molecule has 4 rings (SSSR count). The second-order valence-electron chi connectivity index (χ2n) is 5.25. The van der Waals surface area contributed by atoms with Crippen LogP contribution in [-0.4, -0.2) is 31.1 Å². The molecule has 7 nitrogen and oxygen atoms in total. The summed E-state index contributed by atoms with van der Waals surface area (Å²) in [5, 5.41) is 10.3. The van der Waals surface area contributed by atoms with Gasteiger partial charge in [0, 0.05) is 11.1 Å². The first kappa shape index (κ1) is 14.0. The van der Waals surface area contributed by atoms with E-state index in [0.29, 0.717) is 22.4 Å². The lowest BCUT2D eigenvalue weighted by Crippen LogP contribution is -2.23. The molecule has 1 aliphatic carbocycles. The highest BCUT2D eigenvalue weighted by Gasteiger charge is 2.20. The largest absolute Gasteiger partial charge is 0.343 e. The van der Waals surface area contributed by atoms with Crippen LogP contribution in [0.3, 0.4) is 0 Å². The first-order chi connectivity index (χ1) is 11.3. The molecule has 2 N–H and O–H groups in total. The Morgan fingerprint density at radius 1 is 1.30 bits per heavy atom. The van der Waals surface area contributed by atoms with Gasteiger partial charge in [-0.1, -0.05) is 6.07 Å². The predicted octanol–water partition coefficient (Wildman–Crippen LogP) is 1.74. The molecule has 0 spiro atoms. The summed E-state index contributed by atoms with van der Waals surface area (Å²) in [4.78, 5) is 26.3. The normalized spacial score (nSPS) is 13.0. The number of carbonyl (C=O) groups excluding carboxylic acids is 1. The molecule has 0 radical (unpaired) electrons. The molecule has 1 aliphatic rings. The zero-order valence-corrected chi connectivity index (χ0v) is 13.1. The van der Waals surface area contributed by atoms with Gasteiger partial charge in [0.05, 0.1) is 12.2 Å². The summed E-state index contributed by atoms with van der Waals surface area (Å²) < 4.78 is 0. The van der Waals surface area contributed by atoms with Gasteiger partial charge in [-0.3, -0.25) is 14.9 Å². The predicted molar refractivity (Wildman–Crippen MR) is 84.9 cm³/mol. The Morgan fingerprint density at radius 3 is 3.09 bits per heavy atom. The fraction of sp³-hybridized carbons (Fsp3) is 0.267. The smallest absolute Gasteiger partial charge is 0.280 e. The fourth-order valence-electron chi connectivity index (χ4n) is 2.51. The van der Waals surface area contributed by atoms with Gasteiger partial charge in [-0.15, -0.1) is 11.3 Å². The third-order valence-corrected chi connectivity index (χ3v) is 4.79. The molecular formula is C15H14N6OS. The summed E-state index contributed by atoms with van der Waals surface area (Å²) in [5.41, 5.74) is 1.77. The minimum absolute atomic E-state index is 0.166. The molecule has 0 fully saturated rings. The van der Waals surface area contributed by atoms with Crippen LogP contribution in [0.2, 0.25) is 0 Å². The zero-order valence-electron chi connectivity index (χ0n) is 12.2. The zero-order chi connectivity index (χ0) is 15.6. The van der Waals surface area contributed by atoms with Gasteiger partial charge >= 0.3 is 0 Å². The number of rotatable bonds is 4. The van der Waals surface area contributed by atoms with Crippen molar-refractivity contribution in [2.24, 2.45) is 0 Å². The molecule has 0 aliphatic heterocycles. The first-order valence-electron chi connectivity index (χ1n) is 7.39. The molecule has 0 bridgehead atoms. The quantitative estimate of drug-likeness (QED) is 0.761. The Bertz CT molecular complexity index is 819. The van der Waals surface area contributed by atoms with Gasteiger partial charge in [0.25, 0.3) is 5.91 Å². The number of aryl methyl sites for hydroxylation is 2. The van der Waals surface area contributed by atoms with Crippen molar-refractivity contribution in [3.63, 3.8) is 0 Å². The first-order valence-corrected chi connectivity index (χ1v) is 8.21. The van der Waals surface area contributed by atoms with Crippen LogP contribution in [-0.2, 0) is 19.4 Å². The number of carbonyl (C=O) groups is 1. The van der Waals surface area contributed by atoms with E-state index in [0.717, 1.165) is 25.0 Å². The van der Waals surface area contributed by atoms with E-state index < -0.39 is 0 Å². The van der Waals surface area contributed by atoms with Crippen molar-refractivity contribution in [3.05, 3.63) is 45.8 Å². The Hall–Kier alpha value is -2.61. The Labute approximate surface area is 136 Å².